The zero-order chi connectivity index (χ0) is 27.8. The molecule has 1 aliphatic carbocycles. The van der Waals surface area contributed by atoms with Gasteiger partial charge in [-0.2, -0.15) is 0 Å². The summed E-state index contributed by atoms with van der Waals surface area (Å²) in [5, 5.41) is 0. The molecule has 6 nitrogen and oxygen atoms in total. The zero-order valence-electron chi connectivity index (χ0n) is 24.6. The smallest absolute Gasteiger partial charge is 0.0810 e. The number of unbranched alkanes of at least 4 members (excludes halogenated alkanes) is 2. The largest absolute Gasteiger partial charge is 0.381 e. The molecule has 0 saturated carbocycles. The van der Waals surface area contributed by atoms with Gasteiger partial charge in [0.2, 0.25) is 0 Å². The van der Waals surface area contributed by atoms with Crippen molar-refractivity contribution in [2.75, 3.05) is 72.6 Å². The molecule has 0 N–H and O–H groups in total. The highest BCUT2D eigenvalue weighted by atomic mass is 16.6. The van der Waals surface area contributed by atoms with E-state index in [1.807, 2.05) is 24.9 Å². The Morgan fingerprint density at radius 3 is 1.78 bits per heavy atom. The van der Waals surface area contributed by atoms with Crippen molar-refractivity contribution in [3.8, 4) is 12.3 Å². The first-order chi connectivity index (χ1) is 18.2. The van der Waals surface area contributed by atoms with Crippen LogP contribution in [0.25, 0.3) is 0 Å². The summed E-state index contributed by atoms with van der Waals surface area (Å²) < 4.78 is 27.1. The van der Waals surface area contributed by atoms with E-state index in [2.05, 4.69) is 45.8 Å². The number of rotatable bonds is 24. The maximum atomic E-state index is 5.59. The van der Waals surface area contributed by atoms with E-state index in [9.17, 15) is 0 Å². The highest BCUT2D eigenvalue weighted by Crippen LogP contribution is 2.19. The Balaban J connectivity index is 0. The normalized spacial score (nSPS) is 11.9. The first kappa shape index (κ1) is 37.5. The first-order valence-corrected chi connectivity index (χ1v) is 14.2. The van der Waals surface area contributed by atoms with E-state index >= 15 is 0 Å². The molecule has 0 spiro atoms. The molecule has 1 radical (unpaired) electrons. The third-order valence-corrected chi connectivity index (χ3v) is 4.77. The standard InChI is InChI=1S/C23H36NO4.C6H14O.C2H6/c1-4-7-8-12-24(6-3)20-22(5-2)21-28-19-18-27-17-16-26-15-14-25-13-11-23-9-10-23;1-3-5-7-6-4-2;1-2/h2,6,9-10,20H,3-4,7-8,11-19,21H2,1H3;3-6H2,1-2H3;1-2H3/b22-20+;;. The van der Waals surface area contributed by atoms with Gasteiger partial charge in [-0.15, -0.1) is 6.42 Å². The van der Waals surface area contributed by atoms with E-state index in [1.54, 1.807) is 6.20 Å². The molecule has 0 fully saturated rings. The fraction of sp³-hybridized carbons (Fsp3) is 0.710. The lowest BCUT2D eigenvalue weighted by molar-refractivity contribution is 0.000977. The molecule has 0 atom stereocenters. The minimum Gasteiger partial charge on any atom is -0.381 e. The van der Waals surface area contributed by atoms with Gasteiger partial charge in [-0.3, -0.25) is 0 Å². The Labute approximate surface area is 229 Å². The van der Waals surface area contributed by atoms with Crippen LogP contribution in [0.1, 0.15) is 73.1 Å². The van der Waals surface area contributed by atoms with E-state index in [0.717, 1.165) is 57.6 Å². The lowest BCUT2D eigenvalue weighted by Gasteiger charge is -2.16. The fourth-order valence-corrected chi connectivity index (χ4v) is 2.72. The molecule has 215 valence electrons. The third-order valence-electron chi connectivity index (χ3n) is 4.77. The van der Waals surface area contributed by atoms with Crippen molar-refractivity contribution >= 4 is 0 Å². The van der Waals surface area contributed by atoms with E-state index in [1.165, 1.54) is 18.4 Å². The zero-order valence-corrected chi connectivity index (χ0v) is 24.6. The second-order valence-corrected chi connectivity index (χ2v) is 8.09. The molecule has 1 aliphatic rings. The van der Waals surface area contributed by atoms with Crippen molar-refractivity contribution in [1.82, 2.24) is 4.90 Å². The number of nitrogens with zero attached hydrogens (tertiary/aromatic N) is 1. The Morgan fingerprint density at radius 2 is 1.32 bits per heavy atom. The van der Waals surface area contributed by atoms with Gasteiger partial charge in [-0.1, -0.05) is 71.6 Å². The Kier molecular flexibility index (Phi) is 32.9. The summed E-state index contributed by atoms with van der Waals surface area (Å²) >= 11 is 0. The lowest BCUT2D eigenvalue weighted by Crippen LogP contribution is -2.14. The van der Waals surface area contributed by atoms with Crippen LogP contribution in [-0.4, -0.2) is 77.5 Å². The SMILES string of the molecule is C#C/C(=C\N(C=C)CCCCC)COCCOCCOCCOCCC1=C[CH]1.CC.CCCOCCC. The second-order valence-electron chi connectivity index (χ2n) is 8.09. The summed E-state index contributed by atoms with van der Waals surface area (Å²) in [7, 11) is 0. The number of hydrogen-bond acceptors (Lipinski definition) is 6. The maximum Gasteiger partial charge on any atom is 0.0810 e. The van der Waals surface area contributed by atoms with Crippen LogP contribution >= 0.6 is 0 Å². The topological polar surface area (TPSA) is 49.4 Å². The van der Waals surface area contributed by atoms with E-state index in [0.29, 0.717) is 46.2 Å². The average Bonchev–Trinajstić information content (AvgIpc) is 3.76. The third kappa shape index (κ3) is 30.5. The first-order valence-electron chi connectivity index (χ1n) is 14.2. The molecule has 0 aromatic heterocycles. The molecule has 0 aliphatic heterocycles. The van der Waals surface area contributed by atoms with Gasteiger partial charge in [0.05, 0.1) is 52.9 Å². The van der Waals surface area contributed by atoms with E-state index in [4.69, 9.17) is 30.1 Å². The maximum absolute atomic E-state index is 5.59. The van der Waals surface area contributed by atoms with Crippen LogP contribution in [0.5, 0.6) is 0 Å². The summed E-state index contributed by atoms with van der Waals surface area (Å²) in [6.07, 6.45) is 20.3. The van der Waals surface area contributed by atoms with Gasteiger partial charge in [-0.05, 0) is 31.9 Å². The average molecular weight is 523 g/mol. The fourth-order valence-electron chi connectivity index (χ4n) is 2.72. The van der Waals surface area contributed by atoms with Gasteiger partial charge in [-0.25, -0.2) is 0 Å². The summed E-state index contributed by atoms with van der Waals surface area (Å²) in [5.74, 6) is 2.68. The van der Waals surface area contributed by atoms with Crippen LogP contribution in [0.4, 0.5) is 0 Å². The van der Waals surface area contributed by atoms with Crippen molar-refractivity contribution in [3.05, 3.63) is 42.6 Å². The number of allylic oxidation sites excluding steroid dienone is 1. The summed E-state index contributed by atoms with van der Waals surface area (Å²) in [5.41, 5.74) is 2.18. The van der Waals surface area contributed by atoms with Crippen LogP contribution in [0.2, 0.25) is 0 Å². The van der Waals surface area contributed by atoms with Gasteiger partial charge in [0.25, 0.3) is 0 Å². The van der Waals surface area contributed by atoms with Crippen LogP contribution in [-0.2, 0) is 23.7 Å². The van der Waals surface area contributed by atoms with Crippen molar-refractivity contribution in [2.45, 2.75) is 73.1 Å². The predicted octanol–water partition coefficient (Wildman–Crippen LogP) is 6.59. The molecule has 1 rings (SSSR count). The van der Waals surface area contributed by atoms with Crippen molar-refractivity contribution in [1.29, 1.82) is 0 Å². The summed E-state index contributed by atoms with van der Waals surface area (Å²) in [4.78, 5) is 2.02. The molecular weight excluding hydrogens is 466 g/mol. The Hall–Kier alpha value is -1.62. The molecule has 37 heavy (non-hydrogen) atoms. The van der Waals surface area contributed by atoms with Crippen molar-refractivity contribution in [2.24, 2.45) is 0 Å². The number of hydrogen-bond donors (Lipinski definition) is 0. The molecule has 0 bridgehead atoms. The highest BCUT2D eigenvalue weighted by Gasteiger charge is 2.06. The molecule has 0 saturated heterocycles. The predicted molar refractivity (Wildman–Crippen MR) is 156 cm³/mol. The van der Waals surface area contributed by atoms with Gasteiger partial charge >= 0.3 is 0 Å². The van der Waals surface area contributed by atoms with Crippen LogP contribution in [0.3, 0.4) is 0 Å². The summed E-state index contributed by atoms with van der Waals surface area (Å²) in [6, 6.07) is 0. The lowest BCUT2D eigenvalue weighted by atomic mass is 10.2. The molecule has 0 aromatic rings. The van der Waals surface area contributed by atoms with Crippen LogP contribution < -0.4 is 0 Å². The van der Waals surface area contributed by atoms with Crippen molar-refractivity contribution in [3.63, 3.8) is 0 Å². The van der Waals surface area contributed by atoms with Crippen LogP contribution in [0, 0.1) is 18.8 Å². The van der Waals surface area contributed by atoms with E-state index in [-0.39, 0.29) is 0 Å². The van der Waals surface area contributed by atoms with E-state index < -0.39 is 0 Å². The van der Waals surface area contributed by atoms with Gasteiger partial charge in [0, 0.05) is 38.0 Å². The van der Waals surface area contributed by atoms with Crippen molar-refractivity contribution < 1.29 is 23.7 Å². The molecule has 0 amide bonds. The Morgan fingerprint density at radius 1 is 0.811 bits per heavy atom. The monoisotopic (exact) mass is 522 g/mol. The van der Waals surface area contributed by atoms with Gasteiger partial charge in [0.1, 0.15) is 0 Å². The number of terminal acetylenes is 1. The minimum atomic E-state index is 0.403. The highest BCUT2D eigenvalue weighted by molar-refractivity contribution is 5.38. The molecular formula is C31H56NO5. The number of ether oxygens (including phenoxy) is 5. The molecule has 0 unspecified atom stereocenters. The van der Waals surface area contributed by atoms with Crippen LogP contribution in [0.15, 0.2) is 36.2 Å². The minimum absolute atomic E-state index is 0.403. The second kappa shape index (κ2) is 32.4. The van der Waals surface area contributed by atoms with Gasteiger partial charge in [0.15, 0.2) is 0 Å². The molecule has 0 heterocycles. The Bertz CT molecular complexity index is 579. The van der Waals surface area contributed by atoms with Gasteiger partial charge < -0.3 is 28.6 Å². The molecule has 6 heteroatoms. The molecule has 0 aromatic carbocycles. The quantitative estimate of drug-likeness (QED) is 0.105. The summed E-state index contributed by atoms with van der Waals surface area (Å²) in [6.45, 7) is 21.5.